The summed E-state index contributed by atoms with van der Waals surface area (Å²) < 4.78 is 0.163. The van der Waals surface area contributed by atoms with Crippen molar-refractivity contribution in [2.75, 3.05) is 5.73 Å². The van der Waals surface area contributed by atoms with Crippen molar-refractivity contribution in [3.8, 4) is 0 Å². The molecule has 0 saturated carbocycles. The zero-order valence-corrected chi connectivity index (χ0v) is 7.73. The molecule has 0 radical (unpaired) electrons. The van der Waals surface area contributed by atoms with Crippen molar-refractivity contribution in [1.29, 1.82) is 0 Å². The van der Waals surface area contributed by atoms with Crippen molar-refractivity contribution < 1.29 is 14.5 Å². The number of aromatic nitrogens is 3. The van der Waals surface area contributed by atoms with Crippen LogP contribution in [0.1, 0.15) is 0 Å². The van der Waals surface area contributed by atoms with Crippen LogP contribution in [-0.2, 0) is 0 Å². The molecule has 0 aliphatic carbocycles. The second-order valence-corrected chi connectivity index (χ2v) is 2.96. The van der Waals surface area contributed by atoms with Crippen molar-refractivity contribution in [1.82, 2.24) is 5.10 Å². The summed E-state index contributed by atoms with van der Waals surface area (Å²) in [5, 5.41) is 36.3. The summed E-state index contributed by atoms with van der Waals surface area (Å²) in [4.78, 5) is 9.95. The third-order valence-electron chi connectivity index (χ3n) is 2.00. The van der Waals surface area contributed by atoms with E-state index in [2.05, 4.69) is 5.10 Å². The molecule has 0 aliphatic heterocycles. The zero-order valence-electron chi connectivity index (χ0n) is 7.73. The highest BCUT2D eigenvalue weighted by atomic mass is 16.6. The number of nitro benzene ring substituents is 1. The Labute approximate surface area is 87.6 Å². The fourth-order valence-electron chi connectivity index (χ4n) is 1.26. The van der Waals surface area contributed by atoms with Gasteiger partial charge in [-0.2, -0.15) is 0 Å². The van der Waals surface area contributed by atoms with Crippen molar-refractivity contribution in [3.05, 3.63) is 38.7 Å². The largest absolute Gasteiger partial charge is 0.739 e. The van der Waals surface area contributed by atoms with Crippen LogP contribution < -0.4 is 15.3 Å². The van der Waals surface area contributed by atoms with Gasteiger partial charge < -0.3 is 10.4 Å². The SMILES string of the molecule is Nc1n[n+]([O-])c2ccc([N+](=O)[O-])cc2[n+]1[O-]. The van der Waals surface area contributed by atoms with Gasteiger partial charge in [0.25, 0.3) is 11.2 Å². The molecule has 0 fully saturated rings. The predicted octanol–water partition coefficient (Wildman–Crippen LogP) is -1.01. The lowest BCUT2D eigenvalue weighted by molar-refractivity contribution is -0.672. The van der Waals surface area contributed by atoms with Crippen LogP contribution in [0.5, 0.6) is 0 Å². The van der Waals surface area contributed by atoms with Gasteiger partial charge in [0.15, 0.2) is 5.52 Å². The van der Waals surface area contributed by atoms with Crippen LogP contribution in [0.3, 0.4) is 0 Å². The smallest absolute Gasteiger partial charge is 0.458 e. The summed E-state index contributed by atoms with van der Waals surface area (Å²) in [6.07, 6.45) is 0. The van der Waals surface area contributed by atoms with E-state index in [-0.39, 0.29) is 26.3 Å². The lowest BCUT2D eigenvalue weighted by Gasteiger charge is -2.06. The quantitative estimate of drug-likeness (QED) is 0.284. The highest BCUT2D eigenvalue weighted by Gasteiger charge is 2.19. The van der Waals surface area contributed by atoms with Crippen LogP contribution in [0.2, 0.25) is 0 Å². The second-order valence-electron chi connectivity index (χ2n) is 2.96. The molecule has 1 aromatic carbocycles. The Bertz CT molecular complexity index is 599. The molecule has 2 N–H and O–H groups in total. The number of non-ortho nitro benzene ring substituents is 1. The van der Waals surface area contributed by atoms with Gasteiger partial charge in [0.2, 0.25) is 5.10 Å². The maximum Gasteiger partial charge on any atom is 0.458 e. The molecule has 0 spiro atoms. The third kappa shape index (κ3) is 1.30. The minimum Gasteiger partial charge on any atom is -0.739 e. The maximum atomic E-state index is 11.4. The Balaban J connectivity index is 2.86. The summed E-state index contributed by atoms with van der Waals surface area (Å²) >= 11 is 0. The highest BCUT2D eigenvalue weighted by molar-refractivity contribution is 5.71. The van der Waals surface area contributed by atoms with Crippen LogP contribution in [0.4, 0.5) is 11.6 Å². The summed E-state index contributed by atoms with van der Waals surface area (Å²) in [6, 6.07) is 3.21. The van der Waals surface area contributed by atoms with Crippen LogP contribution in [-0.4, -0.2) is 10.0 Å². The first-order chi connectivity index (χ1) is 7.50. The number of rotatable bonds is 1. The van der Waals surface area contributed by atoms with Gasteiger partial charge in [-0.15, -0.1) is 0 Å². The van der Waals surface area contributed by atoms with Gasteiger partial charge in [-0.25, -0.2) is 4.73 Å². The lowest BCUT2D eigenvalue weighted by Crippen LogP contribution is -2.44. The Hall–Kier alpha value is -2.71. The summed E-state index contributed by atoms with van der Waals surface area (Å²) in [5.41, 5.74) is 4.57. The first kappa shape index (κ1) is 9.83. The standard InChI is InChI=1S/C7H5N5O4/c8-7-9-11(14)5-2-1-4(12(15)16)3-6(5)10(7)13/h1-3H,(H2,8,9). The highest BCUT2D eigenvalue weighted by Crippen LogP contribution is 2.15. The van der Waals surface area contributed by atoms with Crippen LogP contribution >= 0.6 is 0 Å². The number of nitrogens with two attached hydrogens (primary N) is 1. The predicted molar refractivity (Wildman–Crippen MR) is 50.7 cm³/mol. The Kier molecular flexibility index (Phi) is 1.94. The maximum absolute atomic E-state index is 11.4. The van der Waals surface area contributed by atoms with Gasteiger partial charge in [0.1, 0.15) is 0 Å². The van der Waals surface area contributed by atoms with Gasteiger partial charge in [0.05, 0.1) is 11.0 Å². The van der Waals surface area contributed by atoms with E-state index in [9.17, 15) is 20.5 Å². The van der Waals surface area contributed by atoms with Gasteiger partial charge in [0, 0.05) is 17.0 Å². The number of nitrogen functional groups attached to an aromatic ring is 1. The topological polar surface area (TPSA) is 136 Å². The Morgan fingerprint density at radius 1 is 1.31 bits per heavy atom. The van der Waals surface area contributed by atoms with Gasteiger partial charge in [-0.05, 0) is 0 Å². The number of fused-ring (bicyclic) bond motifs is 1. The molecule has 9 nitrogen and oxygen atoms in total. The normalized spacial score (nSPS) is 10.5. The van der Waals surface area contributed by atoms with Gasteiger partial charge in [-0.1, -0.05) is 0 Å². The van der Waals surface area contributed by atoms with E-state index in [0.717, 1.165) is 18.2 Å². The van der Waals surface area contributed by atoms with Crippen molar-refractivity contribution in [2.24, 2.45) is 0 Å². The van der Waals surface area contributed by atoms with Gasteiger partial charge >= 0.3 is 5.95 Å². The van der Waals surface area contributed by atoms with E-state index in [4.69, 9.17) is 5.73 Å². The first-order valence-electron chi connectivity index (χ1n) is 4.08. The number of hydrogen-bond donors (Lipinski definition) is 1. The van der Waals surface area contributed by atoms with Gasteiger partial charge in [-0.3, -0.25) is 15.8 Å². The molecule has 16 heavy (non-hydrogen) atoms. The molecular formula is C7H5N5O4. The molecule has 2 aromatic rings. The molecule has 0 aliphatic rings. The van der Waals surface area contributed by atoms with Crippen molar-refractivity contribution in [3.63, 3.8) is 0 Å². The molecule has 0 unspecified atom stereocenters. The van der Waals surface area contributed by atoms with Crippen molar-refractivity contribution >= 4 is 22.7 Å². The molecule has 0 atom stereocenters. The van der Waals surface area contributed by atoms with E-state index in [0.29, 0.717) is 0 Å². The molecule has 0 saturated heterocycles. The molecule has 0 amide bonds. The molecule has 82 valence electrons. The lowest BCUT2D eigenvalue weighted by atomic mass is 10.3. The Morgan fingerprint density at radius 3 is 2.62 bits per heavy atom. The summed E-state index contributed by atoms with van der Waals surface area (Å²) in [6.45, 7) is 0. The van der Waals surface area contributed by atoms with E-state index in [1.165, 1.54) is 0 Å². The van der Waals surface area contributed by atoms with Crippen LogP contribution in [0.15, 0.2) is 18.2 Å². The average molecular weight is 223 g/mol. The van der Waals surface area contributed by atoms with E-state index >= 15 is 0 Å². The van der Waals surface area contributed by atoms with Crippen LogP contribution in [0.25, 0.3) is 11.0 Å². The van der Waals surface area contributed by atoms with E-state index in [1.807, 2.05) is 0 Å². The van der Waals surface area contributed by atoms with E-state index < -0.39 is 10.9 Å². The monoisotopic (exact) mass is 223 g/mol. The fourth-order valence-corrected chi connectivity index (χ4v) is 1.26. The third-order valence-corrected chi connectivity index (χ3v) is 2.00. The molecule has 9 heteroatoms. The molecule has 2 rings (SSSR count). The average Bonchev–Trinajstić information content (AvgIpc) is 2.25. The molecule has 1 aromatic heterocycles. The Morgan fingerprint density at radius 2 is 2.00 bits per heavy atom. The minimum absolute atomic E-state index is 0.0881. The number of hydrogen-bond acceptors (Lipinski definition) is 6. The number of nitrogens with zero attached hydrogens (tertiary/aromatic N) is 4. The number of anilines is 1. The number of nitro groups is 1. The fraction of sp³-hybridized carbons (Fsp3) is 0. The van der Waals surface area contributed by atoms with Crippen LogP contribution in [0, 0.1) is 20.5 Å². The van der Waals surface area contributed by atoms with Crippen molar-refractivity contribution in [2.45, 2.75) is 0 Å². The molecule has 0 bridgehead atoms. The second kappa shape index (κ2) is 3.15. The molecular weight excluding hydrogens is 218 g/mol. The summed E-state index contributed by atoms with van der Waals surface area (Å²) in [5.74, 6) is -0.567. The first-order valence-corrected chi connectivity index (χ1v) is 4.08. The molecule has 1 heterocycles. The number of benzene rings is 1. The summed E-state index contributed by atoms with van der Waals surface area (Å²) in [7, 11) is 0. The van der Waals surface area contributed by atoms with E-state index in [1.54, 1.807) is 0 Å². The minimum atomic E-state index is -0.675. The zero-order chi connectivity index (χ0) is 11.9.